The van der Waals surface area contributed by atoms with Gasteiger partial charge in [-0.3, -0.25) is 0 Å². The van der Waals surface area contributed by atoms with Crippen molar-refractivity contribution < 1.29 is 32.7 Å². The van der Waals surface area contributed by atoms with Crippen molar-refractivity contribution in [2.75, 3.05) is 80.0 Å². The van der Waals surface area contributed by atoms with Gasteiger partial charge in [-0.15, -0.1) is 0 Å². The molecule has 0 aliphatic carbocycles. The Morgan fingerprint density at radius 2 is 0.310 bits per heavy atom. The summed E-state index contributed by atoms with van der Waals surface area (Å²) in [5, 5.41) is 0. The molecule has 0 N–H and O–H groups in total. The minimum absolute atomic E-state index is 1.34. The van der Waals surface area contributed by atoms with Crippen molar-refractivity contribution in [1.29, 1.82) is 0 Å². The smallest absolute Gasteiger partial charge is 0.0784 e. The maximum atomic E-state index is 8.55. The second kappa shape index (κ2) is 59.2. The summed E-state index contributed by atoms with van der Waals surface area (Å²) in [7, 11) is 2.14. The SMILES string of the molecule is CCCCCCCCCCC[N+](C)(CCCC)CCCCC.CCCCCCCCCCC[N+](C)(CCCC)CCCCC.CCCCCCCCCCC[N+](C)(CCCC)CCCCC.O=P([O-])([O-])[O-]. The Balaban J connectivity index is -0.000000451. The fourth-order valence-electron chi connectivity index (χ4n) is 10.3. The molecule has 3 atom stereocenters. The van der Waals surface area contributed by atoms with E-state index < -0.39 is 7.82 Å². The fourth-order valence-corrected chi connectivity index (χ4v) is 10.3. The molecule has 0 aliphatic heterocycles. The Bertz CT molecular complexity index is 914. The third kappa shape index (κ3) is 68.0. The molecule has 0 fully saturated rings. The average Bonchev–Trinajstić information content (AvgIpc) is 3.33. The molecule has 0 spiro atoms. The van der Waals surface area contributed by atoms with Crippen LogP contribution in [0.3, 0.4) is 0 Å². The molecule has 3 unspecified atom stereocenters. The van der Waals surface area contributed by atoms with Crippen LogP contribution >= 0.6 is 7.82 Å². The number of rotatable bonds is 51. The van der Waals surface area contributed by atoms with Crippen LogP contribution in [0.15, 0.2) is 0 Å². The number of hydrogen-bond donors (Lipinski definition) is 0. The number of phosphoric acid groups is 1. The second-order valence-electron chi connectivity index (χ2n) is 23.5. The van der Waals surface area contributed by atoms with Gasteiger partial charge in [-0.25, -0.2) is 0 Å². The van der Waals surface area contributed by atoms with Gasteiger partial charge in [0.25, 0.3) is 0 Å². The topological polar surface area (TPSA) is 86.2 Å². The lowest BCUT2D eigenvalue weighted by molar-refractivity contribution is -0.910. The summed E-state index contributed by atoms with van der Waals surface area (Å²) in [4.78, 5) is 25.6. The van der Waals surface area contributed by atoms with Gasteiger partial charge in [0.1, 0.15) is 0 Å². The van der Waals surface area contributed by atoms with E-state index >= 15 is 0 Å². The highest BCUT2D eigenvalue weighted by atomic mass is 31.2. The van der Waals surface area contributed by atoms with Gasteiger partial charge in [-0.2, -0.15) is 7.82 Å². The van der Waals surface area contributed by atoms with Crippen molar-refractivity contribution >= 4 is 7.82 Å². The molecule has 8 heteroatoms. The predicted molar refractivity (Wildman–Crippen MR) is 315 cm³/mol. The first kappa shape index (κ1) is 77.5. The highest BCUT2D eigenvalue weighted by Crippen LogP contribution is 2.18. The van der Waals surface area contributed by atoms with E-state index in [4.69, 9.17) is 19.2 Å². The van der Waals surface area contributed by atoms with E-state index in [2.05, 4.69) is 83.5 Å². The monoisotopic (exact) mass is 1030 g/mol. The summed E-state index contributed by atoms with van der Waals surface area (Å²) in [6, 6.07) is 0. The van der Waals surface area contributed by atoms with Crippen molar-refractivity contribution in [3.8, 4) is 0 Å². The van der Waals surface area contributed by atoms with Crippen molar-refractivity contribution in [3.63, 3.8) is 0 Å². The zero-order chi connectivity index (χ0) is 54.1. The van der Waals surface area contributed by atoms with Gasteiger partial charge in [0.05, 0.1) is 80.0 Å². The van der Waals surface area contributed by atoms with E-state index in [9.17, 15) is 0 Å². The highest BCUT2D eigenvalue weighted by molar-refractivity contribution is 7.40. The van der Waals surface area contributed by atoms with Gasteiger partial charge in [-0.1, -0.05) is 236 Å². The number of nitrogens with zero attached hydrogens (tertiary/aromatic N) is 3. The third-order valence-electron chi connectivity index (χ3n) is 15.5. The van der Waals surface area contributed by atoms with E-state index in [-0.39, 0.29) is 0 Å². The first-order valence-electron chi connectivity index (χ1n) is 32.3. The molecule has 0 bridgehead atoms. The summed E-state index contributed by atoms with van der Waals surface area (Å²) in [5.41, 5.74) is 0. The molecule has 71 heavy (non-hydrogen) atoms. The van der Waals surface area contributed by atoms with Crippen LogP contribution < -0.4 is 14.7 Å². The molecule has 0 heterocycles. The first-order chi connectivity index (χ1) is 34.0. The van der Waals surface area contributed by atoms with Crippen LogP contribution in [0.1, 0.15) is 332 Å². The second-order valence-corrected chi connectivity index (χ2v) is 24.4. The van der Waals surface area contributed by atoms with Gasteiger partial charge < -0.3 is 32.7 Å². The number of hydrogen-bond acceptors (Lipinski definition) is 4. The summed E-state index contributed by atoms with van der Waals surface area (Å²) in [5.74, 6) is 0. The highest BCUT2D eigenvalue weighted by Gasteiger charge is 2.22. The van der Waals surface area contributed by atoms with E-state index in [0.29, 0.717) is 0 Å². The zero-order valence-corrected chi connectivity index (χ0v) is 52.4. The van der Waals surface area contributed by atoms with E-state index in [1.54, 1.807) is 0 Å². The zero-order valence-electron chi connectivity index (χ0n) is 51.5. The van der Waals surface area contributed by atoms with Crippen LogP contribution in [-0.4, -0.2) is 93.5 Å². The van der Waals surface area contributed by atoms with Gasteiger partial charge in [0, 0.05) is 0 Å². The predicted octanol–water partition coefficient (Wildman–Crippen LogP) is 18.0. The Morgan fingerprint density at radius 3 is 0.465 bits per heavy atom. The fraction of sp³-hybridized carbons (Fsp3) is 1.00. The molecule has 434 valence electrons. The molecule has 0 saturated carbocycles. The van der Waals surface area contributed by atoms with Gasteiger partial charge in [0.15, 0.2) is 0 Å². The molecule has 0 saturated heterocycles. The molecule has 0 aromatic heterocycles. The number of unbranched alkanes of at least 4 members (excludes halogenated alkanes) is 33. The lowest BCUT2D eigenvalue weighted by Crippen LogP contribution is -2.46. The Labute approximate surface area is 450 Å². The summed E-state index contributed by atoms with van der Waals surface area (Å²) >= 11 is 0. The largest absolute Gasteiger partial charge is 0.822 e. The third-order valence-corrected chi connectivity index (χ3v) is 15.5. The van der Waals surface area contributed by atoms with Crippen molar-refractivity contribution in [3.05, 3.63) is 0 Å². The van der Waals surface area contributed by atoms with Crippen LogP contribution in [0, 0.1) is 0 Å². The molecule has 0 aromatic rings. The van der Waals surface area contributed by atoms with E-state index in [1.165, 1.54) is 342 Å². The maximum Gasteiger partial charge on any atom is 0.0784 e. The molecule has 0 rings (SSSR count). The van der Waals surface area contributed by atoms with Crippen LogP contribution in [0.2, 0.25) is 0 Å². The number of quaternary nitrogens is 3. The van der Waals surface area contributed by atoms with Crippen molar-refractivity contribution in [2.24, 2.45) is 0 Å². The van der Waals surface area contributed by atoms with E-state index in [0.717, 1.165) is 0 Å². The summed E-state index contributed by atoms with van der Waals surface area (Å²) < 4.78 is 12.6. The minimum atomic E-state index is -5.39. The summed E-state index contributed by atoms with van der Waals surface area (Å²) in [6.45, 7) is 33.5. The van der Waals surface area contributed by atoms with Crippen LogP contribution in [0.4, 0.5) is 0 Å². The molecule has 0 amide bonds. The first-order valence-corrected chi connectivity index (χ1v) is 33.7. The van der Waals surface area contributed by atoms with Crippen molar-refractivity contribution in [2.45, 2.75) is 332 Å². The van der Waals surface area contributed by atoms with Gasteiger partial charge >= 0.3 is 0 Å². The van der Waals surface area contributed by atoms with Gasteiger partial charge in [-0.05, 0) is 96.3 Å². The Kier molecular flexibility index (Phi) is 64.7. The van der Waals surface area contributed by atoms with Crippen LogP contribution in [-0.2, 0) is 4.57 Å². The van der Waals surface area contributed by atoms with Crippen molar-refractivity contribution in [1.82, 2.24) is 0 Å². The molecule has 0 radical (unpaired) electrons. The van der Waals surface area contributed by atoms with Gasteiger partial charge in [0.2, 0.25) is 0 Å². The molecule has 0 aromatic carbocycles. The van der Waals surface area contributed by atoms with Crippen LogP contribution in [0.25, 0.3) is 0 Å². The standard InChI is InChI=1S/3C21H46N.H3O4P/c3*1-5-8-11-12-13-14-15-16-18-21-22(4,19-10-7-3)20-17-9-6-2;1-5(2,3)4/h3*5-21H2,1-4H3;(H3,1,2,3,4)/q3*+1;/p-3. The van der Waals surface area contributed by atoms with E-state index in [1.807, 2.05) is 0 Å². The summed E-state index contributed by atoms with van der Waals surface area (Å²) in [6.07, 6.45) is 60.0. The molecular formula is C63H138N3O4P. The minimum Gasteiger partial charge on any atom is -0.822 e. The average molecular weight is 1030 g/mol. The lowest BCUT2D eigenvalue weighted by atomic mass is 10.1. The molecular weight excluding hydrogens is 894 g/mol. The van der Waals surface area contributed by atoms with Crippen LogP contribution in [0.5, 0.6) is 0 Å². The molecule has 7 nitrogen and oxygen atoms in total. The normalized spacial score (nSPS) is 14.0. The maximum absolute atomic E-state index is 8.55. The Hall–Kier alpha value is -0.0100. The Morgan fingerprint density at radius 1 is 0.211 bits per heavy atom. The lowest BCUT2D eigenvalue weighted by Gasteiger charge is -2.36. The molecule has 0 aliphatic rings. The quantitative estimate of drug-likeness (QED) is 0.0345.